The van der Waals surface area contributed by atoms with Crippen molar-refractivity contribution in [3.63, 3.8) is 0 Å². The summed E-state index contributed by atoms with van der Waals surface area (Å²) in [4.78, 5) is 4.42. The number of nitrogens with two attached hydrogens (primary N) is 1. The standard InChI is InChI=1S/C13H23N3/c1-4-6-10(2)9-12(16-14)13-11(3)7-5-8-15-13/h5,7-8,10,12,16H,4,6,9,14H2,1-3H3. The molecular formula is C13H23N3. The molecule has 1 rings (SSSR count). The molecule has 90 valence electrons. The average molecular weight is 221 g/mol. The third-order valence-corrected chi connectivity index (χ3v) is 3.00. The summed E-state index contributed by atoms with van der Waals surface area (Å²) in [7, 11) is 0. The maximum Gasteiger partial charge on any atom is 0.0637 e. The van der Waals surface area contributed by atoms with Crippen LogP contribution in [-0.4, -0.2) is 4.98 Å². The third kappa shape index (κ3) is 3.58. The molecule has 0 saturated carbocycles. The van der Waals surface area contributed by atoms with Gasteiger partial charge in [0.25, 0.3) is 0 Å². The quantitative estimate of drug-likeness (QED) is 0.573. The smallest absolute Gasteiger partial charge is 0.0637 e. The highest BCUT2D eigenvalue weighted by molar-refractivity contribution is 5.20. The van der Waals surface area contributed by atoms with Crippen LogP contribution in [0.15, 0.2) is 18.3 Å². The lowest BCUT2D eigenvalue weighted by Crippen LogP contribution is -2.30. The van der Waals surface area contributed by atoms with Crippen LogP contribution in [0.25, 0.3) is 0 Å². The summed E-state index contributed by atoms with van der Waals surface area (Å²) in [5.41, 5.74) is 5.17. The van der Waals surface area contributed by atoms with Gasteiger partial charge in [0.2, 0.25) is 0 Å². The van der Waals surface area contributed by atoms with Gasteiger partial charge in [0.05, 0.1) is 11.7 Å². The minimum absolute atomic E-state index is 0.169. The highest BCUT2D eigenvalue weighted by atomic mass is 15.2. The van der Waals surface area contributed by atoms with Gasteiger partial charge in [0.15, 0.2) is 0 Å². The van der Waals surface area contributed by atoms with E-state index in [1.165, 1.54) is 18.4 Å². The van der Waals surface area contributed by atoms with Crippen LogP contribution in [0.3, 0.4) is 0 Å². The van der Waals surface area contributed by atoms with Crippen LogP contribution >= 0.6 is 0 Å². The van der Waals surface area contributed by atoms with Crippen molar-refractivity contribution >= 4 is 0 Å². The first-order valence-corrected chi connectivity index (χ1v) is 6.06. The zero-order valence-corrected chi connectivity index (χ0v) is 10.5. The van der Waals surface area contributed by atoms with Crippen LogP contribution in [-0.2, 0) is 0 Å². The van der Waals surface area contributed by atoms with Gasteiger partial charge < -0.3 is 0 Å². The predicted molar refractivity (Wildman–Crippen MR) is 67.7 cm³/mol. The molecule has 1 aromatic heterocycles. The lowest BCUT2D eigenvalue weighted by Gasteiger charge is -2.20. The van der Waals surface area contributed by atoms with E-state index in [2.05, 4.69) is 37.2 Å². The molecule has 0 fully saturated rings. The molecule has 16 heavy (non-hydrogen) atoms. The van der Waals surface area contributed by atoms with E-state index in [9.17, 15) is 0 Å². The Hall–Kier alpha value is -0.930. The number of hydrogen-bond donors (Lipinski definition) is 2. The van der Waals surface area contributed by atoms with Gasteiger partial charge in [-0.2, -0.15) is 0 Å². The molecule has 2 atom stereocenters. The van der Waals surface area contributed by atoms with Crippen molar-refractivity contribution in [2.45, 2.75) is 46.1 Å². The number of aryl methyl sites for hydroxylation is 1. The number of aromatic nitrogens is 1. The Labute approximate surface area is 98.4 Å². The predicted octanol–water partition coefficient (Wildman–Crippen LogP) is 2.72. The van der Waals surface area contributed by atoms with Gasteiger partial charge in [-0.15, -0.1) is 0 Å². The summed E-state index contributed by atoms with van der Waals surface area (Å²) >= 11 is 0. The lowest BCUT2D eigenvalue weighted by molar-refractivity contribution is 0.388. The van der Waals surface area contributed by atoms with Crippen LogP contribution in [0.2, 0.25) is 0 Å². The van der Waals surface area contributed by atoms with E-state index >= 15 is 0 Å². The van der Waals surface area contributed by atoms with Crippen molar-refractivity contribution in [2.75, 3.05) is 0 Å². The van der Waals surface area contributed by atoms with E-state index in [1.807, 2.05) is 12.3 Å². The second-order valence-corrected chi connectivity index (χ2v) is 4.55. The van der Waals surface area contributed by atoms with Crippen molar-refractivity contribution in [1.29, 1.82) is 0 Å². The lowest BCUT2D eigenvalue weighted by atomic mass is 9.94. The minimum atomic E-state index is 0.169. The molecular weight excluding hydrogens is 198 g/mol. The summed E-state index contributed by atoms with van der Waals surface area (Å²) in [6.45, 7) is 6.57. The summed E-state index contributed by atoms with van der Waals surface area (Å²) in [6.07, 6.45) is 5.34. The Morgan fingerprint density at radius 1 is 1.50 bits per heavy atom. The monoisotopic (exact) mass is 221 g/mol. The third-order valence-electron chi connectivity index (χ3n) is 3.00. The molecule has 0 aliphatic heterocycles. The molecule has 1 heterocycles. The van der Waals surface area contributed by atoms with Crippen LogP contribution < -0.4 is 11.3 Å². The van der Waals surface area contributed by atoms with Gasteiger partial charge in [-0.05, 0) is 30.9 Å². The zero-order chi connectivity index (χ0) is 12.0. The van der Waals surface area contributed by atoms with E-state index in [0.717, 1.165) is 12.1 Å². The van der Waals surface area contributed by atoms with Crippen molar-refractivity contribution in [2.24, 2.45) is 11.8 Å². The topological polar surface area (TPSA) is 50.9 Å². The molecule has 0 aromatic carbocycles. The van der Waals surface area contributed by atoms with Gasteiger partial charge >= 0.3 is 0 Å². The van der Waals surface area contributed by atoms with Crippen LogP contribution in [0.5, 0.6) is 0 Å². The maximum absolute atomic E-state index is 5.63. The normalized spacial score (nSPS) is 14.8. The van der Waals surface area contributed by atoms with Gasteiger partial charge in [0.1, 0.15) is 0 Å². The summed E-state index contributed by atoms with van der Waals surface area (Å²) < 4.78 is 0. The fourth-order valence-corrected chi connectivity index (χ4v) is 2.13. The first-order valence-electron chi connectivity index (χ1n) is 6.06. The Bertz CT molecular complexity index is 312. The van der Waals surface area contributed by atoms with Crippen molar-refractivity contribution in [3.8, 4) is 0 Å². The molecule has 0 aliphatic rings. The van der Waals surface area contributed by atoms with Crippen molar-refractivity contribution in [1.82, 2.24) is 10.4 Å². The number of nitrogens with one attached hydrogen (secondary N) is 1. The number of nitrogens with zero attached hydrogens (tertiary/aromatic N) is 1. The molecule has 0 saturated heterocycles. The van der Waals surface area contributed by atoms with Crippen molar-refractivity contribution < 1.29 is 0 Å². The first kappa shape index (κ1) is 13.1. The number of hydrazine groups is 1. The van der Waals surface area contributed by atoms with Crippen LogP contribution in [0, 0.1) is 12.8 Å². The Morgan fingerprint density at radius 3 is 2.81 bits per heavy atom. The maximum atomic E-state index is 5.63. The Balaban J connectivity index is 2.71. The second-order valence-electron chi connectivity index (χ2n) is 4.55. The molecule has 0 bridgehead atoms. The van der Waals surface area contributed by atoms with E-state index in [0.29, 0.717) is 5.92 Å². The highest BCUT2D eigenvalue weighted by Crippen LogP contribution is 2.23. The largest absolute Gasteiger partial charge is 0.271 e. The summed E-state index contributed by atoms with van der Waals surface area (Å²) in [5.74, 6) is 6.30. The molecule has 0 spiro atoms. The van der Waals surface area contributed by atoms with Crippen LogP contribution in [0.1, 0.15) is 50.4 Å². The molecule has 0 aliphatic carbocycles. The molecule has 2 unspecified atom stereocenters. The van der Waals surface area contributed by atoms with Gasteiger partial charge in [-0.25, -0.2) is 0 Å². The first-order chi connectivity index (χ1) is 7.69. The molecule has 3 nitrogen and oxygen atoms in total. The van der Waals surface area contributed by atoms with Gasteiger partial charge in [-0.3, -0.25) is 16.3 Å². The van der Waals surface area contributed by atoms with E-state index in [-0.39, 0.29) is 6.04 Å². The fourth-order valence-electron chi connectivity index (χ4n) is 2.13. The van der Waals surface area contributed by atoms with E-state index < -0.39 is 0 Å². The fraction of sp³-hybridized carbons (Fsp3) is 0.615. The minimum Gasteiger partial charge on any atom is -0.271 e. The number of pyridine rings is 1. The molecule has 3 heteroatoms. The van der Waals surface area contributed by atoms with E-state index in [1.54, 1.807) is 0 Å². The summed E-state index contributed by atoms with van der Waals surface area (Å²) in [5, 5.41) is 0. The number of hydrogen-bond acceptors (Lipinski definition) is 3. The molecule has 1 aromatic rings. The highest BCUT2D eigenvalue weighted by Gasteiger charge is 2.16. The average Bonchev–Trinajstić information content (AvgIpc) is 2.27. The molecule has 3 N–H and O–H groups in total. The molecule has 0 radical (unpaired) electrons. The SMILES string of the molecule is CCCC(C)CC(NN)c1ncccc1C. The molecule has 0 amide bonds. The summed E-state index contributed by atoms with van der Waals surface area (Å²) in [6, 6.07) is 4.21. The Kier molecular flexibility index (Phi) is 5.43. The number of rotatable bonds is 6. The Morgan fingerprint density at radius 2 is 2.25 bits per heavy atom. The van der Waals surface area contributed by atoms with Gasteiger partial charge in [0, 0.05) is 6.20 Å². The van der Waals surface area contributed by atoms with Crippen molar-refractivity contribution in [3.05, 3.63) is 29.6 Å². The van der Waals surface area contributed by atoms with Crippen LogP contribution in [0.4, 0.5) is 0 Å². The van der Waals surface area contributed by atoms with Gasteiger partial charge in [-0.1, -0.05) is 32.8 Å². The zero-order valence-electron chi connectivity index (χ0n) is 10.5. The second kappa shape index (κ2) is 6.61. The van der Waals surface area contributed by atoms with E-state index in [4.69, 9.17) is 5.84 Å².